The lowest BCUT2D eigenvalue weighted by molar-refractivity contribution is -0.137. The van der Waals surface area contributed by atoms with Crippen molar-refractivity contribution >= 4 is 46.2 Å². The molecule has 0 fully saturated rings. The number of halogens is 1. The van der Waals surface area contributed by atoms with E-state index in [0.717, 1.165) is 9.88 Å². The van der Waals surface area contributed by atoms with Gasteiger partial charge in [-0.3, -0.25) is 9.59 Å². The highest BCUT2D eigenvalue weighted by Gasteiger charge is 2.25. The molecule has 0 atom stereocenters. The summed E-state index contributed by atoms with van der Waals surface area (Å²) in [6.07, 6.45) is 0.368. The Morgan fingerprint density at radius 3 is 2.61 bits per heavy atom. The second-order valence-electron chi connectivity index (χ2n) is 5.77. The van der Waals surface area contributed by atoms with E-state index in [1.54, 1.807) is 13.0 Å². The fourth-order valence-electron chi connectivity index (χ4n) is 1.99. The Morgan fingerprint density at radius 2 is 2.04 bits per heavy atom. The fraction of sp³-hybridized carbons (Fsp3) is 0.400. The number of amides is 1. The number of rotatable bonds is 6. The molecule has 2 rings (SSSR count). The van der Waals surface area contributed by atoms with Gasteiger partial charge in [0.05, 0.1) is 14.9 Å². The van der Waals surface area contributed by atoms with Crippen molar-refractivity contribution in [1.29, 1.82) is 0 Å². The van der Waals surface area contributed by atoms with E-state index in [1.165, 1.54) is 22.7 Å². The number of carbonyl (C=O) groups excluding carboxylic acids is 1. The van der Waals surface area contributed by atoms with Gasteiger partial charge >= 0.3 is 5.97 Å². The average Bonchev–Trinajstić information content (AvgIpc) is 3.02. The Hall–Kier alpha value is -1.44. The second kappa shape index (κ2) is 6.98. The van der Waals surface area contributed by atoms with Crippen LogP contribution in [0.3, 0.4) is 0 Å². The van der Waals surface area contributed by atoms with Crippen molar-refractivity contribution in [2.24, 2.45) is 0 Å². The van der Waals surface area contributed by atoms with Gasteiger partial charge < -0.3 is 10.4 Å². The Labute approximate surface area is 147 Å². The molecule has 0 aliphatic heterocycles. The van der Waals surface area contributed by atoms with E-state index >= 15 is 0 Å². The second-order valence-corrected chi connectivity index (χ2v) is 8.48. The SMILES string of the molecule is Cc1nc(-c2ccc(Cl)s2)sc1C(=O)NC(C)(C)CCC(=O)O. The van der Waals surface area contributed by atoms with Gasteiger partial charge in [0.15, 0.2) is 0 Å². The molecule has 124 valence electrons. The molecule has 0 aliphatic carbocycles. The number of thiazole rings is 1. The zero-order valence-corrected chi connectivity index (χ0v) is 15.4. The number of thiophene rings is 1. The van der Waals surface area contributed by atoms with Gasteiger partial charge in [0, 0.05) is 12.0 Å². The van der Waals surface area contributed by atoms with Crippen LogP contribution in [0.4, 0.5) is 0 Å². The van der Waals surface area contributed by atoms with Crippen LogP contribution < -0.4 is 5.32 Å². The lowest BCUT2D eigenvalue weighted by atomic mass is 9.98. The number of hydrogen-bond donors (Lipinski definition) is 2. The lowest BCUT2D eigenvalue weighted by Crippen LogP contribution is -2.43. The summed E-state index contributed by atoms with van der Waals surface area (Å²) in [4.78, 5) is 29.0. The summed E-state index contributed by atoms with van der Waals surface area (Å²) < 4.78 is 0.675. The molecule has 0 unspecified atom stereocenters. The van der Waals surface area contributed by atoms with Crippen molar-refractivity contribution in [3.63, 3.8) is 0 Å². The first kappa shape index (κ1) is 17.9. The highest BCUT2D eigenvalue weighted by molar-refractivity contribution is 7.24. The quantitative estimate of drug-likeness (QED) is 0.796. The molecule has 2 heterocycles. The molecule has 8 heteroatoms. The summed E-state index contributed by atoms with van der Waals surface area (Å²) in [5.74, 6) is -1.11. The first-order valence-electron chi connectivity index (χ1n) is 6.95. The lowest BCUT2D eigenvalue weighted by Gasteiger charge is -2.25. The molecular formula is C15H17ClN2O3S2. The number of aliphatic carboxylic acids is 1. The monoisotopic (exact) mass is 372 g/mol. The first-order valence-corrected chi connectivity index (χ1v) is 8.96. The van der Waals surface area contributed by atoms with E-state index < -0.39 is 11.5 Å². The summed E-state index contributed by atoms with van der Waals surface area (Å²) in [7, 11) is 0. The van der Waals surface area contributed by atoms with Crippen LogP contribution in [-0.2, 0) is 4.79 Å². The van der Waals surface area contributed by atoms with Crippen molar-refractivity contribution in [2.45, 2.75) is 39.2 Å². The molecule has 0 saturated heterocycles. The maximum absolute atomic E-state index is 12.5. The van der Waals surface area contributed by atoms with Gasteiger partial charge in [0.25, 0.3) is 5.91 Å². The Balaban J connectivity index is 2.13. The van der Waals surface area contributed by atoms with Crippen LogP contribution in [0.15, 0.2) is 12.1 Å². The van der Waals surface area contributed by atoms with E-state index in [-0.39, 0.29) is 12.3 Å². The van der Waals surface area contributed by atoms with Crippen LogP contribution in [0.5, 0.6) is 0 Å². The van der Waals surface area contributed by atoms with Crippen molar-refractivity contribution in [3.8, 4) is 9.88 Å². The normalized spacial score (nSPS) is 11.5. The van der Waals surface area contributed by atoms with Gasteiger partial charge in [-0.2, -0.15) is 0 Å². The van der Waals surface area contributed by atoms with Crippen LogP contribution in [0, 0.1) is 6.92 Å². The Bertz CT molecular complexity index is 737. The summed E-state index contributed by atoms with van der Waals surface area (Å²) in [6.45, 7) is 5.41. The molecule has 0 aromatic carbocycles. The molecule has 0 bridgehead atoms. The van der Waals surface area contributed by atoms with Gasteiger partial charge in [-0.25, -0.2) is 4.98 Å². The number of hydrogen-bond acceptors (Lipinski definition) is 5. The van der Waals surface area contributed by atoms with Gasteiger partial charge in [-0.1, -0.05) is 11.6 Å². The van der Waals surface area contributed by atoms with Crippen LogP contribution in [0.1, 0.15) is 42.1 Å². The van der Waals surface area contributed by atoms with Crippen molar-refractivity contribution < 1.29 is 14.7 Å². The minimum absolute atomic E-state index is 0.00783. The van der Waals surface area contributed by atoms with Crippen LogP contribution in [0.25, 0.3) is 9.88 Å². The third-order valence-electron chi connectivity index (χ3n) is 3.20. The molecule has 2 aromatic heterocycles. The molecule has 5 nitrogen and oxygen atoms in total. The fourth-order valence-corrected chi connectivity index (χ4v) is 4.05. The smallest absolute Gasteiger partial charge is 0.303 e. The van der Waals surface area contributed by atoms with Gasteiger partial charge in [-0.15, -0.1) is 22.7 Å². The van der Waals surface area contributed by atoms with Crippen LogP contribution >= 0.6 is 34.3 Å². The maximum Gasteiger partial charge on any atom is 0.303 e. The van der Waals surface area contributed by atoms with Gasteiger partial charge in [0.2, 0.25) is 0 Å². The number of nitrogens with zero attached hydrogens (tertiary/aromatic N) is 1. The highest BCUT2D eigenvalue weighted by Crippen LogP contribution is 2.35. The van der Waals surface area contributed by atoms with Crippen LogP contribution in [-0.4, -0.2) is 27.5 Å². The average molecular weight is 373 g/mol. The van der Waals surface area contributed by atoms with E-state index in [9.17, 15) is 9.59 Å². The number of carbonyl (C=O) groups is 2. The molecule has 0 radical (unpaired) electrons. The predicted octanol–water partition coefficient (Wildman–Crippen LogP) is 4.21. The van der Waals surface area contributed by atoms with Crippen molar-refractivity contribution in [3.05, 3.63) is 27.0 Å². The van der Waals surface area contributed by atoms with Gasteiger partial charge in [-0.05, 0) is 39.3 Å². The summed E-state index contributed by atoms with van der Waals surface area (Å²) in [5.41, 5.74) is 0.0549. The van der Waals surface area contributed by atoms with Crippen LogP contribution in [0.2, 0.25) is 4.34 Å². The topological polar surface area (TPSA) is 79.3 Å². The Morgan fingerprint density at radius 1 is 1.35 bits per heavy atom. The number of nitrogens with one attached hydrogen (secondary N) is 1. The van der Waals surface area contributed by atoms with E-state index in [4.69, 9.17) is 16.7 Å². The zero-order valence-electron chi connectivity index (χ0n) is 13.0. The van der Waals surface area contributed by atoms with E-state index in [1.807, 2.05) is 19.9 Å². The van der Waals surface area contributed by atoms with Gasteiger partial charge in [0.1, 0.15) is 9.88 Å². The van der Waals surface area contributed by atoms with Crippen molar-refractivity contribution in [1.82, 2.24) is 10.3 Å². The third-order valence-corrected chi connectivity index (χ3v) is 5.76. The molecular weight excluding hydrogens is 356 g/mol. The molecule has 23 heavy (non-hydrogen) atoms. The largest absolute Gasteiger partial charge is 0.481 e. The maximum atomic E-state index is 12.5. The molecule has 0 aliphatic rings. The first-order chi connectivity index (χ1) is 10.7. The minimum atomic E-state index is -0.877. The molecule has 0 saturated carbocycles. The highest BCUT2D eigenvalue weighted by atomic mass is 35.5. The predicted molar refractivity (Wildman–Crippen MR) is 93.6 cm³/mol. The minimum Gasteiger partial charge on any atom is -0.481 e. The number of carboxylic acid groups (broad SMARTS) is 1. The van der Waals surface area contributed by atoms with E-state index in [2.05, 4.69) is 10.3 Å². The summed E-state index contributed by atoms with van der Waals surface area (Å²) >= 11 is 8.66. The Kier molecular flexibility index (Phi) is 5.44. The number of aryl methyl sites for hydroxylation is 1. The molecule has 1 amide bonds. The molecule has 2 N–H and O–H groups in total. The third kappa shape index (κ3) is 4.76. The summed E-state index contributed by atoms with van der Waals surface area (Å²) in [5, 5.41) is 12.4. The number of carboxylic acids is 1. The molecule has 2 aromatic rings. The zero-order chi connectivity index (χ0) is 17.2. The van der Waals surface area contributed by atoms with Crippen molar-refractivity contribution in [2.75, 3.05) is 0 Å². The number of aromatic nitrogens is 1. The standard InChI is InChI=1S/C15H17ClN2O3S2/c1-8-12(13(21)18-15(2,3)7-6-11(19)20)23-14(17-8)9-4-5-10(16)22-9/h4-5H,6-7H2,1-3H3,(H,18,21)(H,19,20). The summed E-state index contributed by atoms with van der Waals surface area (Å²) in [6, 6.07) is 3.68. The van der Waals surface area contributed by atoms with E-state index in [0.29, 0.717) is 21.3 Å². The molecule has 0 spiro atoms.